The van der Waals surface area contributed by atoms with Crippen molar-refractivity contribution in [3.8, 4) is 0 Å². The van der Waals surface area contributed by atoms with E-state index in [1.807, 2.05) is 0 Å². The average molecular weight is 383 g/mol. The maximum absolute atomic E-state index is 12.5. The molecule has 136 valence electrons. The van der Waals surface area contributed by atoms with Gasteiger partial charge in [-0.15, -0.1) is 0 Å². The average Bonchev–Trinajstić information content (AvgIpc) is 2.97. The normalized spacial score (nSPS) is 12.8. The lowest BCUT2D eigenvalue weighted by molar-refractivity contribution is -0.137. The van der Waals surface area contributed by atoms with Crippen LogP contribution in [0.5, 0.6) is 0 Å². The van der Waals surface area contributed by atoms with Crippen molar-refractivity contribution in [1.29, 1.82) is 0 Å². The predicted molar refractivity (Wildman–Crippen MR) is 91.4 cm³/mol. The number of aromatic amines is 1. The maximum Gasteiger partial charge on any atom is 0.416 e. The molecule has 1 heterocycles. The summed E-state index contributed by atoms with van der Waals surface area (Å²) in [7, 11) is 0. The molecule has 2 amide bonds. The molecule has 0 aliphatic rings. The number of rotatable bonds is 3. The van der Waals surface area contributed by atoms with Crippen molar-refractivity contribution in [3.63, 3.8) is 0 Å². The number of H-pyrrole nitrogens is 1. The number of urea groups is 1. The van der Waals surface area contributed by atoms with Crippen LogP contribution in [0.3, 0.4) is 0 Å². The van der Waals surface area contributed by atoms with E-state index in [9.17, 15) is 22.2 Å². The summed E-state index contributed by atoms with van der Waals surface area (Å²) in [5.41, 5.74) is 0.348. The van der Waals surface area contributed by atoms with Gasteiger partial charge in [-0.3, -0.25) is 0 Å². The van der Waals surface area contributed by atoms with Crippen LogP contribution in [0.1, 0.15) is 5.56 Å². The third-order valence-corrected chi connectivity index (χ3v) is 4.27. The maximum atomic E-state index is 12.5. The minimum atomic E-state index is -4.44. The van der Waals surface area contributed by atoms with Crippen LogP contribution in [0, 0.1) is 0 Å². The molecule has 0 spiro atoms. The highest BCUT2D eigenvalue weighted by Gasteiger charge is 2.29. The van der Waals surface area contributed by atoms with Gasteiger partial charge in [-0.05, 0) is 42.5 Å². The van der Waals surface area contributed by atoms with Crippen LogP contribution in [0.15, 0.2) is 53.6 Å². The molecule has 0 radical (unpaired) electrons. The van der Waals surface area contributed by atoms with Gasteiger partial charge >= 0.3 is 12.2 Å². The van der Waals surface area contributed by atoms with Crippen molar-refractivity contribution in [3.05, 3.63) is 54.2 Å². The Bertz CT molecular complexity index is 984. The number of fused-ring (bicyclic) bond motifs is 1. The zero-order chi connectivity index (χ0) is 18.9. The largest absolute Gasteiger partial charge is 0.416 e. The lowest BCUT2D eigenvalue weighted by atomic mass is 10.2. The molecule has 10 heteroatoms. The summed E-state index contributed by atoms with van der Waals surface area (Å²) in [6.45, 7) is 0. The lowest BCUT2D eigenvalue weighted by Crippen LogP contribution is -2.19. The van der Waals surface area contributed by atoms with Crippen LogP contribution < -0.4 is 10.6 Å². The number of benzene rings is 2. The van der Waals surface area contributed by atoms with Gasteiger partial charge in [0.15, 0.2) is 11.1 Å². The Morgan fingerprint density at radius 1 is 1.04 bits per heavy atom. The first-order valence-corrected chi connectivity index (χ1v) is 8.32. The molecule has 0 fully saturated rings. The second-order valence-corrected chi connectivity index (χ2v) is 6.25. The van der Waals surface area contributed by atoms with Crippen molar-refractivity contribution in [2.75, 3.05) is 10.6 Å². The number of amides is 2. The van der Waals surface area contributed by atoms with Crippen LogP contribution in [-0.2, 0) is 17.3 Å². The number of halogens is 3. The molecule has 3 rings (SSSR count). The highest BCUT2D eigenvalue weighted by atomic mass is 32.2. The van der Waals surface area contributed by atoms with Gasteiger partial charge in [0.1, 0.15) is 0 Å². The molecule has 2 aromatic carbocycles. The van der Waals surface area contributed by atoms with Gasteiger partial charge in [0.05, 0.1) is 10.5 Å². The quantitative estimate of drug-likeness (QED) is 0.505. The summed E-state index contributed by atoms with van der Waals surface area (Å²) in [6, 6.07) is 8.09. The fourth-order valence-electron chi connectivity index (χ4n) is 2.36. The third-order valence-electron chi connectivity index (χ3n) is 3.56. The Kier molecular flexibility index (Phi) is 4.70. The van der Waals surface area contributed by atoms with E-state index >= 15 is 0 Å². The van der Waals surface area contributed by atoms with Crippen molar-refractivity contribution < 1.29 is 26.7 Å². The molecule has 0 saturated carbocycles. The van der Waals surface area contributed by atoms with E-state index in [4.69, 9.17) is 4.55 Å². The smallest absolute Gasteiger partial charge is 0.360 e. The molecule has 0 aliphatic heterocycles. The fraction of sp³-hybridized carbons (Fsp3) is 0.0625. The molecule has 6 nitrogen and oxygen atoms in total. The van der Waals surface area contributed by atoms with Gasteiger partial charge in [0.25, 0.3) is 0 Å². The predicted octanol–water partition coefficient (Wildman–Crippen LogP) is 4.41. The van der Waals surface area contributed by atoms with Crippen molar-refractivity contribution in [2.45, 2.75) is 11.1 Å². The molecule has 4 N–H and O–H groups in total. The SMILES string of the molecule is O=C(Nc1ccc(C(F)(F)F)cc1)Nc1ccc2c(S(=O)O)c[nH]c2c1. The first-order chi connectivity index (χ1) is 12.2. The zero-order valence-corrected chi connectivity index (χ0v) is 13.7. The molecule has 1 aromatic heterocycles. The van der Waals surface area contributed by atoms with Crippen LogP contribution in [-0.4, -0.2) is 19.8 Å². The van der Waals surface area contributed by atoms with E-state index in [-0.39, 0.29) is 10.6 Å². The Labute approximate surface area is 147 Å². The van der Waals surface area contributed by atoms with Gasteiger partial charge in [-0.25, -0.2) is 9.00 Å². The molecule has 1 unspecified atom stereocenters. The Balaban J connectivity index is 1.70. The molecular weight excluding hydrogens is 371 g/mol. The Morgan fingerprint density at radius 2 is 1.65 bits per heavy atom. The highest BCUT2D eigenvalue weighted by molar-refractivity contribution is 7.79. The van der Waals surface area contributed by atoms with Crippen LogP contribution in [0.4, 0.5) is 29.3 Å². The minimum absolute atomic E-state index is 0.203. The molecular formula is C16H12F3N3O3S. The fourth-order valence-corrected chi connectivity index (χ4v) is 2.88. The summed E-state index contributed by atoms with van der Waals surface area (Å²) in [5, 5.41) is 5.50. The van der Waals surface area contributed by atoms with Gasteiger partial charge in [0.2, 0.25) is 0 Å². The first-order valence-electron chi connectivity index (χ1n) is 7.21. The highest BCUT2D eigenvalue weighted by Crippen LogP contribution is 2.30. The topological polar surface area (TPSA) is 94.2 Å². The van der Waals surface area contributed by atoms with Crippen molar-refractivity contribution >= 4 is 39.4 Å². The van der Waals surface area contributed by atoms with E-state index in [0.29, 0.717) is 16.6 Å². The number of nitrogens with one attached hydrogen (secondary N) is 3. The Hall–Kier alpha value is -2.85. The van der Waals surface area contributed by atoms with E-state index in [0.717, 1.165) is 24.3 Å². The zero-order valence-electron chi connectivity index (χ0n) is 12.9. The third kappa shape index (κ3) is 3.86. The monoisotopic (exact) mass is 383 g/mol. The summed E-state index contributed by atoms with van der Waals surface area (Å²) in [6.07, 6.45) is -3.05. The minimum Gasteiger partial charge on any atom is -0.360 e. The van der Waals surface area contributed by atoms with Crippen molar-refractivity contribution in [2.24, 2.45) is 0 Å². The molecule has 0 bridgehead atoms. The van der Waals surface area contributed by atoms with Crippen LogP contribution >= 0.6 is 0 Å². The molecule has 0 saturated heterocycles. The number of alkyl halides is 3. The van der Waals surface area contributed by atoms with Crippen LogP contribution in [0.2, 0.25) is 0 Å². The number of hydrogen-bond acceptors (Lipinski definition) is 2. The van der Waals surface area contributed by atoms with Crippen LogP contribution in [0.25, 0.3) is 10.9 Å². The van der Waals surface area contributed by atoms with Gasteiger partial charge < -0.3 is 20.2 Å². The summed E-state index contributed by atoms with van der Waals surface area (Å²) in [5.74, 6) is 0. The molecule has 3 aromatic rings. The second-order valence-electron chi connectivity index (χ2n) is 5.32. The standard InChI is InChI=1S/C16H12F3N3O3S/c17-16(18,19)9-1-3-10(4-2-9)21-15(23)22-11-5-6-12-13(7-11)20-8-14(12)26(24)25/h1-8,20H,(H,24,25)(H2,21,22,23). The summed E-state index contributed by atoms with van der Waals surface area (Å²) < 4.78 is 57.9. The molecule has 1 atom stereocenters. The van der Waals surface area contributed by atoms with E-state index in [1.54, 1.807) is 18.2 Å². The number of carbonyl (C=O) groups excluding carboxylic acids is 1. The Morgan fingerprint density at radius 3 is 2.27 bits per heavy atom. The van der Waals surface area contributed by atoms with E-state index < -0.39 is 28.9 Å². The number of aromatic nitrogens is 1. The van der Waals surface area contributed by atoms with Gasteiger partial charge in [-0.2, -0.15) is 13.2 Å². The van der Waals surface area contributed by atoms with E-state index in [2.05, 4.69) is 15.6 Å². The summed E-state index contributed by atoms with van der Waals surface area (Å²) in [4.78, 5) is 15.0. The lowest BCUT2D eigenvalue weighted by Gasteiger charge is -2.10. The second kappa shape index (κ2) is 6.81. The van der Waals surface area contributed by atoms with Crippen molar-refractivity contribution in [1.82, 2.24) is 4.98 Å². The number of hydrogen-bond donors (Lipinski definition) is 4. The van der Waals surface area contributed by atoms with Gasteiger partial charge in [-0.1, -0.05) is 0 Å². The number of carbonyl (C=O) groups is 1. The van der Waals surface area contributed by atoms with Gasteiger partial charge in [0, 0.05) is 28.5 Å². The van der Waals surface area contributed by atoms with E-state index in [1.165, 1.54) is 6.20 Å². The summed E-state index contributed by atoms with van der Waals surface area (Å²) >= 11 is -2.14. The molecule has 26 heavy (non-hydrogen) atoms. The number of anilines is 2. The molecule has 0 aliphatic carbocycles. The first kappa shape index (κ1) is 18.0.